The Hall–Kier alpha value is -2.16. The molecule has 3 rings (SSSR count). The number of rotatable bonds is 2. The van der Waals surface area contributed by atoms with Crippen molar-refractivity contribution in [3.63, 3.8) is 0 Å². The second kappa shape index (κ2) is 7.46. The van der Waals surface area contributed by atoms with Gasteiger partial charge < -0.3 is 9.64 Å². The maximum absolute atomic E-state index is 12.3. The highest BCUT2D eigenvalue weighted by Crippen LogP contribution is 2.28. The monoisotopic (exact) mass is 392 g/mol. The Morgan fingerprint density at radius 3 is 2.74 bits per heavy atom. The average Bonchev–Trinajstić information content (AvgIpc) is 2.91. The fourth-order valence-corrected chi connectivity index (χ4v) is 4.02. The second-order valence-electron chi connectivity index (χ2n) is 7.73. The maximum atomic E-state index is 12.3. The fraction of sp³-hybridized carbons (Fsp3) is 0.611. The van der Waals surface area contributed by atoms with E-state index in [0.29, 0.717) is 38.4 Å². The van der Waals surface area contributed by atoms with Crippen molar-refractivity contribution in [2.45, 2.75) is 57.9 Å². The first kappa shape index (κ1) is 19.6. The standard InChI is InChI=1S/C18H24N4O4S/c1-11(23)27-13-7-15(24)22(10-13)16-19-8-12-9-21(6-5-14(12)20-16)17(25)26-18(2,3)4/h8,13H,5-7,9-10H2,1-4H3. The zero-order chi connectivity index (χ0) is 19.8. The van der Waals surface area contributed by atoms with E-state index in [4.69, 9.17) is 4.74 Å². The quantitative estimate of drug-likeness (QED) is 0.761. The van der Waals surface area contributed by atoms with Crippen LogP contribution in [0.4, 0.5) is 10.7 Å². The number of anilines is 1. The van der Waals surface area contributed by atoms with Crippen LogP contribution in [0.25, 0.3) is 0 Å². The molecule has 0 spiro atoms. The van der Waals surface area contributed by atoms with Crippen LogP contribution < -0.4 is 4.90 Å². The van der Waals surface area contributed by atoms with Crippen LogP contribution in [0.3, 0.4) is 0 Å². The van der Waals surface area contributed by atoms with Crippen LogP contribution in [0, 0.1) is 0 Å². The van der Waals surface area contributed by atoms with Crippen LogP contribution in [0.15, 0.2) is 6.20 Å². The summed E-state index contributed by atoms with van der Waals surface area (Å²) in [5.74, 6) is 0.302. The molecule has 1 atom stereocenters. The molecule has 3 heterocycles. The highest BCUT2D eigenvalue weighted by molar-refractivity contribution is 8.14. The molecule has 2 aliphatic heterocycles. The lowest BCUT2D eigenvalue weighted by molar-refractivity contribution is -0.117. The summed E-state index contributed by atoms with van der Waals surface area (Å²) in [5, 5.41) is -0.0551. The number of carbonyl (C=O) groups is 3. The molecular formula is C18H24N4O4S. The van der Waals surface area contributed by atoms with Crippen molar-refractivity contribution in [3.8, 4) is 0 Å². The van der Waals surface area contributed by atoms with Gasteiger partial charge in [0.15, 0.2) is 5.12 Å². The molecular weight excluding hydrogens is 368 g/mol. The highest BCUT2D eigenvalue weighted by atomic mass is 32.2. The predicted molar refractivity (Wildman–Crippen MR) is 101 cm³/mol. The summed E-state index contributed by atoms with van der Waals surface area (Å²) < 4.78 is 5.42. The molecule has 1 unspecified atom stereocenters. The van der Waals surface area contributed by atoms with Crippen LogP contribution in [-0.4, -0.2) is 55.9 Å². The van der Waals surface area contributed by atoms with Gasteiger partial charge in [0.25, 0.3) is 0 Å². The van der Waals surface area contributed by atoms with Crippen LogP contribution in [-0.2, 0) is 27.3 Å². The summed E-state index contributed by atoms with van der Waals surface area (Å²) in [7, 11) is 0. The Morgan fingerprint density at radius 1 is 1.33 bits per heavy atom. The van der Waals surface area contributed by atoms with Gasteiger partial charge in [0.1, 0.15) is 5.60 Å². The van der Waals surface area contributed by atoms with Crippen molar-refractivity contribution in [3.05, 3.63) is 17.5 Å². The molecule has 2 aliphatic rings. The molecule has 9 heteroatoms. The summed E-state index contributed by atoms with van der Waals surface area (Å²) in [6, 6.07) is 0. The highest BCUT2D eigenvalue weighted by Gasteiger charge is 2.34. The van der Waals surface area contributed by atoms with Gasteiger partial charge in [-0.25, -0.2) is 14.8 Å². The van der Waals surface area contributed by atoms with Gasteiger partial charge in [0.2, 0.25) is 11.9 Å². The SMILES string of the molecule is CC(=O)SC1CC(=O)N(c2ncc3c(n2)CCN(C(=O)OC(C)(C)C)C3)C1. The summed E-state index contributed by atoms with van der Waals surface area (Å²) in [5.41, 5.74) is 1.16. The van der Waals surface area contributed by atoms with E-state index in [1.54, 1.807) is 16.0 Å². The maximum Gasteiger partial charge on any atom is 0.410 e. The molecule has 1 fully saturated rings. The minimum absolute atomic E-state index is 0.00300. The molecule has 1 aromatic rings. The predicted octanol–water partition coefficient (Wildman–Crippen LogP) is 2.15. The minimum Gasteiger partial charge on any atom is -0.444 e. The number of hydrogen-bond donors (Lipinski definition) is 0. The third-order valence-corrected chi connectivity index (χ3v) is 5.22. The van der Waals surface area contributed by atoms with E-state index < -0.39 is 5.60 Å². The van der Waals surface area contributed by atoms with E-state index in [1.165, 1.54) is 18.7 Å². The lowest BCUT2D eigenvalue weighted by Gasteiger charge is -2.31. The van der Waals surface area contributed by atoms with Crippen molar-refractivity contribution in [2.75, 3.05) is 18.0 Å². The Balaban J connectivity index is 1.69. The number of nitrogens with zero attached hydrogens (tertiary/aromatic N) is 4. The molecule has 8 nitrogen and oxygen atoms in total. The largest absolute Gasteiger partial charge is 0.444 e. The summed E-state index contributed by atoms with van der Waals surface area (Å²) >= 11 is 1.19. The van der Waals surface area contributed by atoms with Gasteiger partial charge in [-0.15, -0.1) is 0 Å². The number of aromatic nitrogens is 2. The Morgan fingerprint density at radius 2 is 2.07 bits per heavy atom. The molecule has 1 aromatic heterocycles. The second-order valence-corrected chi connectivity index (χ2v) is 9.21. The Labute approximate surface area is 162 Å². The van der Waals surface area contributed by atoms with Crippen molar-refractivity contribution in [1.29, 1.82) is 0 Å². The third-order valence-electron chi connectivity index (χ3n) is 4.24. The average molecular weight is 392 g/mol. The minimum atomic E-state index is -0.539. The van der Waals surface area contributed by atoms with Gasteiger partial charge in [-0.3, -0.25) is 14.5 Å². The number of hydrogen-bond acceptors (Lipinski definition) is 7. The van der Waals surface area contributed by atoms with E-state index in [2.05, 4.69) is 9.97 Å². The molecule has 0 aromatic carbocycles. The number of ether oxygens (including phenoxy) is 1. The molecule has 1 saturated heterocycles. The molecule has 146 valence electrons. The summed E-state index contributed by atoms with van der Waals surface area (Å²) in [4.78, 5) is 47.8. The summed E-state index contributed by atoms with van der Waals surface area (Å²) in [6.45, 7) is 8.35. The van der Waals surface area contributed by atoms with Crippen molar-refractivity contribution in [1.82, 2.24) is 14.9 Å². The normalized spacial score (nSPS) is 19.9. The molecule has 2 amide bonds. The summed E-state index contributed by atoms with van der Waals surface area (Å²) in [6.07, 6.45) is 2.22. The van der Waals surface area contributed by atoms with Crippen LogP contribution >= 0.6 is 11.8 Å². The lowest BCUT2D eigenvalue weighted by atomic mass is 10.1. The molecule has 0 bridgehead atoms. The van der Waals surface area contributed by atoms with Gasteiger partial charge in [-0.1, -0.05) is 11.8 Å². The van der Waals surface area contributed by atoms with Gasteiger partial charge in [0, 0.05) is 49.9 Å². The van der Waals surface area contributed by atoms with Gasteiger partial charge in [0.05, 0.1) is 12.2 Å². The topological polar surface area (TPSA) is 92.7 Å². The fourth-order valence-electron chi connectivity index (χ4n) is 3.10. The van der Waals surface area contributed by atoms with Crippen LogP contribution in [0.5, 0.6) is 0 Å². The zero-order valence-electron chi connectivity index (χ0n) is 16.0. The molecule has 0 radical (unpaired) electrons. The Bertz CT molecular complexity index is 777. The van der Waals surface area contributed by atoms with E-state index in [-0.39, 0.29) is 22.4 Å². The molecule has 0 saturated carbocycles. The number of fused-ring (bicyclic) bond motifs is 1. The van der Waals surface area contributed by atoms with E-state index >= 15 is 0 Å². The van der Waals surface area contributed by atoms with E-state index in [1.807, 2.05) is 20.8 Å². The van der Waals surface area contributed by atoms with Gasteiger partial charge >= 0.3 is 6.09 Å². The lowest BCUT2D eigenvalue weighted by Crippen LogP contribution is -2.40. The number of carbonyl (C=O) groups excluding carboxylic acids is 3. The smallest absolute Gasteiger partial charge is 0.410 e. The van der Waals surface area contributed by atoms with E-state index in [0.717, 1.165) is 11.3 Å². The van der Waals surface area contributed by atoms with Crippen LogP contribution in [0.2, 0.25) is 0 Å². The van der Waals surface area contributed by atoms with Crippen LogP contribution in [0.1, 0.15) is 45.4 Å². The number of thioether (sulfide) groups is 1. The Kier molecular flexibility index (Phi) is 5.41. The molecule has 0 N–H and O–H groups in total. The van der Waals surface area contributed by atoms with Crippen molar-refractivity contribution >= 4 is 34.8 Å². The zero-order valence-corrected chi connectivity index (χ0v) is 16.8. The first-order valence-corrected chi connectivity index (χ1v) is 9.80. The number of amides is 2. The van der Waals surface area contributed by atoms with Gasteiger partial charge in [-0.2, -0.15) is 0 Å². The van der Waals surface area contributed by atoms with Crippen molar-refractivity contribution < 1.29 is 19.1 Å². The van der Waals surface area contributed by atoms with Gasteiger partial charge in [-0.05, 0) is 20.8 Å². The first-order valence-electron chi connectivity index (χ1n) is 8.92. The first-order chi connectivity index (χ1) is 12.6. The molecule has 27 heavy (non-hydrogen) atoms. The molecule has 0 aliphatic carbocycles. The van der Waals surface area contributed by atoms with E-state index in [9.17, 15) is 14.4 Å². The third kappa shape index (κ3) is 4.77. The van der Waals surface area contributed by atoms with Crippen molar-refractivity contribution in [2.24, 2.45) is 0 Å².